The molecule has 0 aliphatic heterocycles. The standard InChI is InChI=1S/C6H12N2O5S/c1-7-14(12,13)4-5(9)8(2)3-6(10)11/h7H,3-4H2,1-2H3,(H,10,11). The fraction of sp³-hybridized carbons (Fsp3) is 0.667. The van der Waals surface area contributed by atoms with E-state index < -0.39 is 34.2 Å². The maximum absolute atomic E-state index is 11.1. The summed E-state index contributed by atoms with van der Waals surface area (Å²) in [5, 5.41) is 8.33. The number of carboxylic acids is 1. The lowest BCUT2D eigenvalue weighted by atomic mass is 10.5. The predicted octanol–water partition coefficient (Wildman–Crippen LogP) is -1.92. The van der Waals surface area contributed by atoms with Crippen LogP contribution in [0, 0.1) is 0 Å². The van der Waals surface area contributed by atoms with E-state index >= 15 is 0 Å². The van der Waals surface area contributed by atoms with Crippen molar-refractivity contribution < 1.29 is 23.1 Å². The fourth-order valence-electron chi connectivity index (χ4n) is 0.636. The molecule has 0 saturated carbocycles. The van der Waals surface area contributed by atoms with Crippen LogP contribution < -0.4 is 4.72 Å². The second-order valence-corrected chi connectivity index (χ2v) is 4.53. The Morgan fingerprint density at radius 1 is 1.43 bits per heavy atom. The highest BCUT2D eigenvalue weighted by molar-refractivity contribution is 7.90. The molecule has 0 aromatic rings. The highest BCUT2D eigenvalue weighted by Crippen LogP contribution is 1.90. The molecule has 0 saturated heterocycles. The van der Waals surface area contributed by atoms with Crippen molar-refractivity contribution in [3.63, 3.8) is 0 Å². The molecule has 0 unspecified atom stereocenters. The first-order valence-corrected chi connectivity index (χ1v) is 5.30. The minimum Gasteiger partial charge on any atom is -0.480 e. The van der Waals surface area contributed by atoms with Crippen molar-refractivity contribution >= 4 is 21.9 Å². The summed E-state index contributed by atoms with van der Waals surface area (Å²) >= 11 is 0. The lowest BCUT2D eigenvalue weighted by Crippen LogP contribution is -2.38. The number of rotatable bonds is 5. The van der Waals surface area contributed by atoms with Gasteiger partial charge in [0.15, 0.2) is 0 Å². The normalized spacial score (nSPS) is 11.0. The van der Waals surface area contributed by atoms with Crippen LogP contribution in [0.5, 0.6) is 0 Å². The Morgan fingerprint density at radius 3 is 2.29 bits per heavy atom. The number of carboxylic acid groups (broad SMARTS) is 1. The van der Waals surface area contributed by atoms with Gasteiger partial charge in [-0.2, -0.15) is 0 Å². The Labute approximate surface area is 81.8 Å². The minimum atomic E-state index is -3.63. The van der Waals surface area contributed by atoms with Crippen LogP contribution in [0.15, 0.2) is 0 Å². The molecule has 0 aromatic carbocycles. The SMILES string of the molecule is CNS(=O)(=O)CC(=O)N(C)CC(=O)O. The average molecular weight is 224 g/mol. The number of aliphatic carboxylic acids is 1. The average Bonchev–Trinajstić information content (AvgIpc) is 2.02. The molecule has 2 N–H and O–H groups in total. The van der Waals surface area contributed by atoms with Crippen LogP contribution in [0.25, 0.3) is 0 Å². The second kappa shape index (κ2) is 4.91. The molecule has 82 valence electrons. The van der Waals surface area contributed by atoms with E-state index in [2.05, 4.69) is 0 Å². The maximum Gasteiger partial charge on any atom is 0.323 e. The third-order valence-electron chi connectivity index (χ3n) is 1.42. The molecule has 0 radical (unpaired) electrons. The molecule has 0 aromatic heterocycles. The number of carbonyl (C=O) groups is 2. The van der Waals surface area contributed by atoms with E-state index in [0.717, 1.165) is 4.90 Å². The van der Waals surface area contributed by atoms with E-state index in [0.29, 0.717) is 0 Å². The van der Waals surface area contributed by atoms with Crippen molar-refractivity contribution in [2.45, 2.75) is 0 Å². The van der Waals surface area contributed by atoms with E-state index in [-0.39, 0.29) is 0 Å². The number of sulfonamides is 1. The van der Waals surface area contributed by atoms with Crippen LogP contribution in [-0.2, 0) is 19.6 Å². The van der Waals surface area contributed by atoms with Gasteiger partial charge in [-0.3, -0.25) is 9.59 Å². The Bertz CT molecular complexity index is 323. The zero-order valence-corrected chi connectivity index (χ0v) is 8.67. The summed E-state index contributed by atoms with van der Waals surface area (Å²) in [5.41, 5.74) is 0. The van der Waals surface area contributed by atoms with Gasteiger partial charge < -0.3 is 10.0 Å². The molecular weight excluding hydrogens is 212 g/mol. The highest BCUT2D eigenvalue weighted by atomic mass is 32.2. The smallest absolute Gasteiger partial charge is 0.323 e. The Morgan fingerprint density at radius 2 is 1.93 bits per heavy atom. The summed E-state index contributed by atoms with van der Waals surface area (Å²) in [4.78, 5) is 22.1. The molecule has 0 aliphatic rings. The van der Waals surface area contributed by atoms with Gasteiger partial charge in [0.1, 0.15) is 12.3 Å². The van der Waals surface area contributed by atoms with Crippen LogP contribution in [0.1, 0.15) is 0 Å². The molecule has 0 aliphatic carbocycles. The van der Waals surface area contributed by atoms with E-state index in [4.69, 9.17) is 5.11 Å². The quantitative estimate of drug-likeness (QED) is 0.566. The van der Waals surface area contributed by atoms with Gasteiger partial charge in [0.25, 0.3) is 0 Å². The van der Waals surface area contributed by atoms with Gasteiger partial charge in [-0.25, -0.2) is 13.1 Å². The summed E-state index contributed by atoms with van der Waals surface area (Å²) in [6, 6.07) is 0. The first-order valence-electron chi connectivity index (χ1n) is 3.65. The third-order valence-corrected chi connectivity index (χ3v) is 2.67. The number of nitrogens with one attached hydrogen (secondary N) is 1. The number of likely N-dealkylation sites (N-methyl/N-ethyl adjacent to an activating group) is 1. The number of carbonyl (C=O) groups excluding carboxylic acids is 1. The summed E-state index contributed by atoms with van der Waals surface area (Å²) in [5.74, 6) is -2.70. The van der Waals surface area contributed by atoms with E-state index in [1.165, 1.54) is 14.1 Å². The van der Waals surface area contributed by atoms with Crippen LogP contribution in [-0.4, -0.2) is 56.7 Å². The Balaban J connectivity index is 4.29. The first kappa shape index (κ1) is 12.8. The van der Waals surface area contributed by atoms with Gasteiger partial charge in [0.2, 0.25) is 15.9 Å². The first-order chi connectivity index (χ1) is 6.28. The summed E-state index contributed by atoms with van der Waals surface area (Å²) in [6.45, 7) is -0.516. The molecule has 14 heavy (non-hydrogen) atoms. The third kappa shape index (κ3) is 4.77. The maximum atomic E-state index is 11.1. The lowest BCUT2D eigenvalue weighted by molar-refractivity contribution is -0.142. The van der Waals surface area contributed by atoms with Gasteiger partial charge in [0.05, 0.1) is 0 Å². The lowest BCUT2D eigenvalue weighted by Gasteiger charge is -2.13. The Hall–Kier alpha value is -1.15. The molecule has 0 atom stereocenters. The van der Waals surface area contributed by atoms with Crippen LogP contribution in [0.4, 0.5) is 0 Å². The summed E-state index contributed by atoms with van der Waals surface area (Å²) in [6.07, 6.45) is 0. The highest BCUT2D eigenvalue weighted by Gasteiger charge is 2.19. The fourth-order valence-corrected chi connectivity index (χ4v) is 1.33. The van der Waals surface area contributed by atoms with Gasteiger partial charge in [-0.1, -0.05) is 0 Å². The van der Waals surface area contributed by atoms with E-state index in [1.54, 1.807) is 0 Å². The number of hydrogen-bond acceptors (Lipinski definition) is 4. The van der Waals surface area contributed by atoms with Crippen molar-refractivity contribution in [1.82, 2.24) is 9.62 Å². The molecular formula is C6H12N2O5S. The van der Waals surface area contributed by atoms with Gasteiger partial charge in [-0.05, 0) is 7.05 Å². The molecule has 1 amide bonds. The zero-order chi connectivity index (χ0) is 11.4. The van der Waals surface area contributed by atoms with Crippen LogP contribution >= 0.6 is 0 Å². The second-order valence-electron chi connectivity index (χ2n) is 2.61. The molecule has 7 nitrogen and oxygen atoms in total. The molecule has 0 rings (SSSR count). The van der Waals surface area contributed by atoms with Crippen LogP contribution in [0.3, 0.4) is 0 Å². The van der Waals surface area contributed by atoms with E-state index in [9.17, 15) is 18.0 Å². The van der Waals surface area contributed by atoms with Gasteiger partial charge in [0, 0.05) is 7.05 Å². The molecule has 8 heteroatoms. The number of hydrogen-bond donors (Lipinski definition) is 2. The molecule has 0 spiro atoms. The summed E-state index contributed by atoms with van der Waals surface area (Å²) in [7, 11) is -1.23. The van der Waals surface area contributed by atoms with Crippen molar-refractivity contribution in [2.24, 2.45) is 0 Å². The minimum absolute atomic E-state index is 0.516. The Kier molecular flexibility index (Phi) is 4.51. The van der Waals surface area contributed by atoms with Crippen molar-refractivity contribution in [3.05, 3.63) is 0 Å². The monoisotopic (exact) mass is 224 g/mol. The number of nitrogens with zero attached hydrogens (tertiary/aromatic N) is 1. The van der Waals surface area contributed by atoms with E-state index in [1.807, 2.05) is 4.72 Å². The zero-order valence-electron chi connectivity index (χ0n) is 7.85. The summed E-state index contributed by atoms with van der Waals surface area (Å²) < 4.78 is 23.7. The van der Waals surface area contributed by atoms with Crippen molar-refractivity contribution in [3.8, 4) is 0 Å². The largest absolute Gasteiger partial charge is 0.480 e. The molecule has 0 fully saturated rings. The van der Waals surface area contributed by atoms with Gasteiger partial charge in [-0.15, -0.1) is 0 Å². The van der Waals surface area contributed by atoms with Crippen molar-refractivity contribution in [2.75, 3.05) is 26.4 Å². The predicted molar refractivity (Wildman–Crippen MR) is 48.1 cm³/mol. The number of amides is 1. The van der Waals surface area contributed by atoms with Crippen molar-refractivity contribution in [1.29, 1.82) is 0 Å². The van der Waals surface area contributed by atoms with Gasteiger partial charge >= 0.3 is 5.97 Å². The van der Waals surface area contributed by atoms with Crippen LogP contribution in [0.2, 0.25) is 0 Å². The molecule has 0 bridgehead atoms. The molecule has 0 heterocycles. The topological polar surface area (TPSA) is 104 Å².